The minimum absolute atomic E-state index is 0.0513. The molecule has 0 saturated heterocycles. The molecule has 1 aromatic heterocycles. The summed E-state index contributed by atoms with van der Waals surface area (Å²) >= 11 is 0. The van der Waals surface area contributed by atoms with E-state index in [-0.39, 0.29) is 11.1 Å². The highest BCUT2D eigenvalue weighted by atomic mass is 16.6. The van der Waals surface area contributed by atoms with E-state index >= 15 is 0 Å². The first-order chi connectivity index (χ1) is 10.1. The molecule has 1 N–H and O–H groups in total. The second-order valence-electron chi connectivity index (χ2n) is 4.42. The van der Waals surface area contributed by atoms with Crippen molar-refractivity contribution in [2.75, 3.05) is 0 Å². The zero-order valence-electron chi connectivity index (χ0n) is 10.6. The largest absolute Gasteiger partial charge is 0.478 e. The second kappa shape index (κ2) is 4.75. The van der Waals surface area contributed by atoms with Gasteiger partial charge in [0.05, 0.1) is 5.56 Å². The zero-order valence-corrected chi connectivity index (χ0v) is 10.6. The van der Waals surface area contributed by atoms with E-state index in [0.717, 1.165) is 0 Å². The number of aromatic carboxylic acids is 1. The van der Waals surface area contributed by atoms with Gasteiger partial charge < -0.3 is 9.52 Å². The predicted octanol–water partition coefficient (Wildman–Crippen LogP) is 3.71. The molecule has 0 bridgehead atoms. The standard InChI is InChI=1S/C15H9NO5/c17-15(18)10-6-7-12-11(8-10)13(14(21-12)16(19)20)9-4-2-1-3-5-9/h1-8H,(H,17,18). The Hall–Kier alpha value is -3.15. The fourth-order valence-corrected chi connectivity index (χ4v) is 2.23. The SMILES string of the molecule is O=C(O)c1ccc2oc([N+](=O)[O-])c(-c3ccccc3)c2c1. The summed E-state index contributed by atoms with van der Waals surface area (Å²) in [6, 6.07) is 12.9. The molecule has 0 fully saturated rings. The van der Waals surface area contributed by atoms with Gasteiger partial charge in [0.15, 0.2) is 0 Å². The van der Waals surface area contributed by atoms with Crippen molar-refractivity contribution in [3.63, 3.8) is 0 Å². The lowest BCUT2D eigenvalue weighted by Gasteiger charge is -1.98. The summed E-state index contributed by atoms with van der Waals surface area (Å²) in [5.74, 6) is -1.49. The summed E-state index contributed by atoms with van der Waals surface area (Å²) in [6.45, 7) is 0. The fourth-order valence-electron chi connectivity index (χ4n) is 2.23. The smallest absolute Gasteiger partial charge is 0.442 e. The molecule has 0 unspecified atom stereocenters. The second-order valence-corrected chi connectivity index (χ2v) is 4.42. The van der Waals surface area contributed by atoms with E-state index in [2.05, 4.69) is 0 Å². The Kier molecular flexibility index (Phi) is 2.91. The molecule has 0 aliphatic rings. The van der Waals surface area contributed by atoms with Gasteiger partial charge in [-0.05, 0) is 23.8 Å². The lowest BCUT2D eigenvalue weighted by Crippen LogP contribution is -1.95. The third-order valence-electron chi connectivity index (χ3n) is 3.14. The summed E-state index contributed by atoms with van der Waals surface area (Å²) < 4.78 is 5.26. The van der Waals surface area contributed by atoms with E-state index in [9.17, 15) is 14.9 Å². The van der Waals surface area contributed by atoms with Crippen LogP contribution in [0, 0.1) is 10.1 Å². The molecule has 0 aliphatic heterocycles. The molecule has 0 saturated carbocycles. The van der Waals surface area contributed by atoms with Crippen molar-refractivity contribution in [3.8, 4) is 11.1 Å². The van der Waals surface area contributed by atoms with Crippen LogP contribution in [0.5, 0.6) is 0 Å². The topological polar surface area (TPSA) is 93.6 Å². The van der Waals surface area contributed by atoms with E-state index in [1.165, 1.54) is 18.2 Å². The van der Waals surface area contributed by atoms with Crippen molar-refractivity contribution in [1.82, 2.24) is 0 Å². The molecule has 21 heavy (non-hydrogen) atoms. The number of hydrogen-bond donors (Lipinski definition) is 1. The molecular formula is C15H9NO5. The number of rotatable bonds is 3. The molecular weight excluding hydrogens is 274 g/mol. The van der Waals surface area contributed by atoms with Crippen LogP contribution in [-0.2, 0) is 0 Å². The number of carboxylic acid groups (broad SMARTS) is 1. The number of furan rings is 1. The third-order valence-corrected chi connectivity index (χ3v) is 3.14. The Bertz CT molecular complexity index is 851. The van der Waals surface area contributed by atoms with Crippen molar-refractivity contribution in [2.45, 2.75) is 0 Å². The first-order valence-corrected chi connectivity index (χ1v) is 6.07. The van der Waals surface area contributed by atoms with Gasteiger partial charge in [0.25, 0.3) is 0 Å². The lowest BCUT2D eigenvalue weighted by atomic mass is 10.0. The molecule has 6 nitrogen and oxygen atoms in total. The summed E-state index contributed by atoms with van der Waals surface area (Å²) in [7, 11) is 0. The normalized spacial score (nSPS) is 10.7. The van der Waals surface area contributed by atoms with Crippen LogP contribution in [0.15, 0.2) is 52.9 Å². The van der Waals surface area contributed by atoms with Gasteiger partial charge in [-0.3, -0.25) is 10.1 Å². The van der Waals surface area contributed by atoms with E-state index < -0.39 is 16.8 Å². The number of nitro groups is 1. The number of carbonyl (C=O) groups is 1. The maximum atomic E-state index is 11.2. The van der Waals surface area contributed by atoms with Crippen molar-refractivity contribution >= 4 is 22.8 Å². The molecule has 3 aromatic rings. The van der Waals surface area contributed by atoms with Crippen molar-refractivity contribution in [2.24, 2.45) is 0 Å². The lowest BCUT2D eigenvalue weighted by molar-refractivity contribution is -0.400. The highest BCUT2D eigenvalue weighted by Crippen LogP contribution is 2.39. The molecule has 0 radical (unpaired) electrons. The van der Waals surface area contributed by atoms with Gasteiger partial charge in [-0.25, -0.2) is 4.79 Å². The molecule has 3 rings (SSSR count). The Morgan fingerprint density at radius 2 is 1.86 bits per heavy atom. The highest BCUT2D eigenvalue weighted by molar-refractivity contribution is 6.02. The first-order valence-electron chi connectivity index (χ1n) is 6.07. The number of benzene rings is 2. The summed E-state index contributed by atoms with van der Waals surface area (Å²) in [5.41, 5.74) is 1.23. The van der Waals surface area contributed by atoms with E-state index in [4.69, 9.17) is 9.52 Å². The maximum absolute atomic E-state index is 11.2. The molecule has 1 heterocycles. The van der Waals surface area contributed by atoms with Gasteiger partial charge in [-0.2, -0.15) is 0 Å². The van der Waals surface area contributed by atoms with Gasteiger partial charge in [-0.15, -0.1) is 0 Å². The number of carboxylic acids is 1. The highest BCUT2D eigenvalue weighted by Gasteiger charge is 2.25. The Labute approximate surface area is 118 Å². The average Bonchev–Trinajstić information content (AvgIpc) is 2.86. The Morgan fingerprint density at radius 3 is 2.48 bits per heavy atom. The van der Waals surface area contributed by atoms with Gasteiger partial charge >= 0.3 is 11.9 Å². The van der Waals surface area contributed by atoms with Crippen LogP contribution in [0.1, 0.15) is 10.4 Å². The molecule has 2 aromatic carbocycles. The molecule has 0 atom stereocenters. The summed E-state index contributed by atoms with van der Waals surface area (Å²) in [5, 5.41) is 20.6. The van der Waals surface area contributed by atoms with Crippen LogP contribution in [0.2, 0.25) is 0 Å². The monoisotopic (exact) mass is 283 g/mol. The van der Waals surface area contributed by atoms with Gasteiger partial charge in [-0.1, -0.05) is 30.3 Å². The Balaban J connectivity index is 2.37. The van der Waals surface area contributed by atoms with Crippen LogP contribution in [0.25, 0.3) is 22.1 Å². The predicted molar refractivity (Wildman–Crippen MR) is 75.3 cm³/mol. The van der Waals surface area contributed by atoms with Gasteiger partial charge in [0, 0.05) is 5.39 Å². The third kappa shape index (κ3) is 2.12. The first kappa shape index (κ1) is 12.9. The van der Waals surface area contributed by atoms with Crippen LogP contribution in [0.3, 0.4) is 0 Å². The minimum atomic E-state index is -1.10. The molecule has 0 aliphatic carbocycles. The zero-order chi connectivity index (χ0) is 15.0. The van der Waals surface area contributed by atoms with Crippen molar-refractivity contribution in [1.29, 1.82) is 0 Å². The Morgan fingerprint density at radius 1 is 1.14 bits per heavy atom. The average molecular weight is 283 g/mol. The summed E-state index contributed by atoms with van der Waals surface area (Å²) in [4.78, 5) is 21.6. The number of hydrogen-bond acceptors (Lipinski definition) is 4. The number of nitrogens with zero attached hydrogens (tertiary/aromatic N) is 1. The quantitative estimate of drug-likeness (QED) is 0.584. The molecule has 0 spiro atoms. The van der Waals surface area contributed by atoms with Crippen LogP contribution >= 0.6 is 0 Å². The van der Waals surface area contributed by atoms with Gasteiger partial charge in [0.2, 0.25) is 0 Å². The van der Waals surface area contributed by atoms with Crippen LogP contribution in [0.4, 0.5) is 5.88 Å². The number of fused-ring (bicyclic) bond motifs is 1. The van der Waals surface area contributed by atoms with Crippen molar-refractivity contribution < 1.29 is 19.2 Å². The minimum Gasteiger partial charge on any atom is -0.478 e. The van der Waals surface area contributed by atoms with Crippen LogP contribution in [-0.4, -0.2) is 16.0 Å². The summed E-state index contributed by atoms with van der Waals surface area (Å²) in [6.07, 6.45) is 0. The van der Waals surface area contributed by atoms with Crippen LogP contribution < -0.4 is 0 Å². The molecule has 6 heteroatoms. The molecule has 104 valence electrons. The maximum Gasteiger partial charge on any atom is 0.442 e. The van der Waals surface area contributed by atoms with Gasteiger partial charge in [0.1, 0.15) is 16.1 Å². The van der Waals surface area contributed by atoms with E-state index in [1.54, 1.807) is 30.3 Å². The van der Waals surface area contributed by atoms with E-state index in [1.807, 2.05) is 0 Å². The molecule has 0 amide bonds. The fraction of sp³-hybridized carbons (Fsp3) is 0. The van der Waals surface area contributed by atoms with Crippen molar-refractivity contribution in [3.05, 3.63) is 64.2 Å². The van der Waals surface area contributed by atoms with E-state index in [0.29, 0.717) is 16.5 Å².